The van der Waals surface area contributed by atoms with Crippen molar-refractivity contribution in [1.29, 1.82) is 0 Å². The van der Waals surface area contributed by atoms with Crippen molar-refractivity contribution in [3.63, 3.8) is 0 Å². The van der Waals surface area contributed by atoms with Crippen LogP contribution in [-0.2, 0) is 0 Å². The summed E-state index contributed by atoms with van der Waals surface area (Å²) in [5, 5.41) is 0. The molecule has 1 aromatic carbocycles. The smallest absolute Gasteiger partial charge is 0.193 e. The zero-order chi connectivity index (χ0) is 12.2. The molecule has 86 valence electrons. The van der Waals surface area contributed by atoms with E-state index in [2.05, 4.69) is 26.5 Å². The predicted molar refractivity (Wildman–Crippen MR) is 69.8 cm³/mol. The van der Waals surface area contributed by atoms with E-state index < -0.39 is 0 Å². The van der Waals surface area contributed by atoms with Gasteiger partial charge in [-0.25, -0.2) is 0 Å². The summed E-state index contributed by atoms with van der Waals surface area (Å²) in [6, 6.07) is 7.93. The number of ketones is 1. The highest BCUT2D eigenvalue weighted by Crippen LogP contribution is 2.48. The Hall–Kier alpha value is -1.63. The van der Waals surface area contributed by atoms with Crippen LogP contribution in [0.15, 0.2) is 42.0 Å². The molecule has 0 amide bonds. The van der Waals surface area contributed by atoms with E-state index in [1.165, 1.54) is 11.1 Å². The van der Waals surface area contributed by atoms with Gasteiger partial charge in [0, 0.05) is 11.1 Å². The molecule has 3 rings (SSSR count). The van der Waals surface area contributed by atoms with Gasteiger partial charge in [0.05, 0.1) is 0 Å². The van der Waals surface area contributed by atoms with Gasteiger partial charge in [0.1, 0.15) is 0 Å². The normalized spacial score (nSPS) is 27.2. The second-order valence-corrected chi connectivity index (χ2v) is 5.22. The zero-order valence-corrected chi connectivity index (χ0v) is 10.3. The average Bonchev–Trinajstić information content (AvgIpc) is 2.63. The van der Waals surface area contributed by atoms with Crippen LogP contribution in [0.4, 0.5) is 0 Å². The fourth-order valence-corrected chi connectivity index (χ4v) is 3.11. The highest BCUT2D eigenvalue weighted by molar-refractivity contribution is 6.18. The molecule has 1 heteroatoms. The lowest BCUT2D eigenvalue weighted by Crippen LogP contribution is -2.15. The average molecular weight is 224 g/mol. The molecule has 2 unspecified atom stereocenters. The number of fused-ring (bicyclic) bond motifs is 2. The fourth-order valence-electron chi connectivity index (χ4n) is 3.11. The van der Waals surface area contributed by atoms with Crippen molar-refractivity contribution in [3.05, 3.63) is 53.1 Å². The van der Waals surface area contributed by atoms with Gasteiger partial charge in [-0.1, -0.05) is 44.7 Å². The zero-order valence-electron chi connectivity index (χ0n) is 10.3. The van der Waals surface area contributed by atoms with E-state index in [1.54, 1.807) is 0 Å². The van der Waals surface area contributed by atoms with Crippen molar-refractivity contribution in [2.24, 2.45) is 11.8 Å². The SMILES string of the molecule is C=C1C(=O)c2ccccc2C2=C1C(C)C(C)C2. The Balaban J connectivity index is 2.28. The molecule has 0 saturated heterocycles. The monoisotopic (exact) mass is 224 g/mol. The minimum absolute atomic E-state index is 0.111. The molecule has 0 aliphatic heterocycles. The molecule has 0 saturated carbocycles. The molecule has 0 bridgehead atoms. The maximum Gasteiger partial charge on any atom is 0.193 e. The Morgan fingerprint density at radius 1 is 1.18 bits per heavy atom. The van der Waals surface area contributed by atoms with Gasteiger partial charge >= 0.3 is 0 Å². The molecule has 0 N–H and O–H groups in total. The van der Waals surface area contributed by atoms with E-state index in [0.717, 1.165) is 23.1 Å². The molecular formula is C16H16O. The summed E-state index contributed by atoms with van der Waals surface area (Å²) >= 11 is 0. The third-order valence-corrected chi connectivity index (χ3v) is 4.26. The lowest BCUT2D eigenvalue weighted by molar-refractivity contribution is 0.103. The number of Topliss-reactive ketones (excluding diaryl/α,β-unsaturated/α-hetero) is 1. The Bertz CT molecular complexity index is 563. The molecule has 2 aliphatic carbocycles. The van der Waals surface area contributed by atoms with Crippen LogP contribution in [0.1, 0.15) is 36.2 Å². The molecule has 0 heterocycles. The number of allylic oxidation sites excluding steroid dienone is 3. The highest BCUT2D eigenvalue weighted by atomic mass is 16.1. The van der Waals surface area contributed by atoms with Gasteiger partial charge in [-0.2, -0.15) is 0 Å². The number of carbonyl (C=O) groups excluding carboxylic acids is 1. The maximum absolute atomic E-state index is 12.3. The molecule has 0 spiro atoms. The van der Waals surface area contributed by atoms with E-state index in [1.807, 2.05) is 18.2 Å². The molecule has 0 radical (unpaired) electrons. The van der Waals surface area contributed by atoms with E-state index in [9.17, 15) is 4.79 Å². The van der Waals surface area contributed by atoms with E-state index >= 15 is 0 Å². The van der Waals surface area contributed by atoms with Gasteiger partial charge in [0.2, 0.25) is 0 Å². The second kappa shape index (κ2) is 3.43. The molecule has 1 nitrogen and oxygen atoms in total. The van der Waals surface area contributed by atoms with E-state index in [-0.39, 0.29) is 5.78 Å². The van der Waals surface area contributed by atoms with Crippen LogP contribution in [0, 0.1) is 11.8 Å². The summed E-state index contributed by atoms with van der Waals surface area (Å²) in [4.78, 5) is 12.3. The first-order valence-electron chi connectivity index (χ1n) is 6.17. The van der Waals surface area contributed by atoms with Crippen LogP contribution in [0.5, 0.6) is 0 Å². The first-order valence-corrected chi connectivity index (χ1v) is 6.17. The minimum atomic E-state index is 0.111. The molecular weight excluding hydrogens is 208 g/mol. The number of benzene rings is 1. The molecule has 1 aromatic rings. The summed E-state index contributed by atoms with van der Waals surface area (Å²) in [6.07, 6.45) is 1.07. The summed E-state index contributed by atoms with van der Waals surface area (Å²) in [7, 11) is 0. The first kappa shape index (κ1) is 10.5. The Labute approximate surface area is 102 Å². The minimum Gasteiger partial charge on any atom is -0.289 e. The quantitative estimate of drug-likeness (QED) is 0.611. The molecule has 0 fully saturated rings. The summed E-state index contributed by atoms with van der Waals surface area (Å²) in [5.74, 6) is 1.17. The van der Waals surface area contributed by atoms with Gasteiger partial charge in [-0.15, -0.1) is 0 Å². The fraction of sp³-hybridized carbons (Fsp3) is 0.312. The number of hydrogen-bond donors (Lipinski definition) is 0. The van der Waals surface area contributed by atoms with Gasteiger partial charge in [-0.05, 0) is 35.0 Å². The first-order chi connectivity index (χ1) is 8.11. The van der Waals surface area contributed by atoms with Crippen LogP contribution in [0.25, 0.3) is 5.57 Å². The number of rotatable bonds is 0. The Morgan fingerprint density at radius 3 is 2.53 bits per heavy atom. The standard InChI is InChI=1S/C16H16O/c1-9-8-14-12-6-4-5-7-13(12)16(17)11(3)15(14)10(9)2/h4-7,9-10H,3,8H2,1-2H3. The largest absolute Gasteiger partial charge is 0.289 e. The van der Waals surface area contributed by atoms with Crippen LogP contribution in [-0.4, -0.2) is 5.78 Å². The van der Waals surface area contributed by atoms with Gasteiger partial charge in [0.15, 0.2) is 5.78 Å². The van der Waals surface area contributed by atoms with Crippen LogP contribution >= 0.6 is 0 Å². The van der Waals surface area contributed by atoms with Gasteiger partial charge in [-0.3, -0.25) is 4.79 Å². The van der Waals surface area contributed by atoms with Crippen molar-refractivity contribution in [1.82, 2.24) is 0 Å². The second-order valence-electron chi connectivity index (χ2n) is 5.22. The van der Waals surface area contributed by atoms with Crippen molar-refractivity contribution in [3.8, 4) is 0 Å². The third-order valence-electron chi connectivity index (χ3n) is 4.26. The van der Waals surface area contributed by atoms with Crippen molar-refractivity contribution in [2.45, 2.75) is 20.3 Å². The molecule has 17 heavy (non-hydrogen) atoms. The van der Waals surface area contributed by atoms with Crippen LogP contribution in [0.2, 0.25) is 0 Å². The van der Waals surface area contributed by atoms with Gasteiger partial charge in [0.25, 0.3) is 0 Å². The van der Waals surface area contributed by atoms with Crippen molar-refractivity contribution < 1.29 is 4.79 Å². The van der Waals surface area contributed by atoms with Crippen molar-refractivity contribution >= 4 is 11.4 Å². The lowest BCUT2D eigenvalue weighted by atomic mass is 9.81. The number of hydrogen-bond acceptors (Lipinski definition) is 1. The molecule has 2 atom stereocenters. The summed E-state index contributed by atoms with van der Waals surface area (Å²) in [5.41, 5.74) is 5.25. The van der Waals surface area contributed by atoms with Crippen LogP contribution < -0.4 is 0 Å². The highest BCUT2D eigenvalue weighted by Gasteiger charge is 2.37. The van der Waals surface area contributed by atoms with E-state index in [4.69, 9.17) is 0 Å². The van der Waals surface area contributed by atoms with Crippen LogP contribution in [0.3, 0.4) is 0 Å². The summed E-state index contributed by atoms with van der Waals surface area (Å²) in [6.45, 7) is 8.48. The predicted octanol–water partition coefficient (Wildman–Crippen LogP) is 3.87. The Kier molecular flexibility index (Phi) is 2.12. The van der Waals surface area contributed by atoms with Gasteiger partial charge < -0.3 is 0 Å². The maximum atomic E-state index is 12.3. The summed E-state index contributed by atoms with van der Waals surface area (Å²) < 4.78 is 0. The molecule has 0 aromatic heterocycles. The Morgan fingerprint density at radius 2 is 1.82 bits per heavy atom. The van der Waals surface area contributed by atoms with E-state index in [0.29, 0.717) is 11.8 Å². The number of carbonyl (C=O) groups is 1. The lowest BCUT2D eigenvalue weighted by Gasteiger charge is -2.21. The van der Waals surface area contributed by atoms with Crippen molar-refractivity contribution in [2.75, 3.05) is 0 Å². The third kappa shape index (κ3) is 1.28. The topological polar surface area (TPSA) is 17.1 Å². The molecule has 2 aliphatic rings.